The van der Waals surface area contributed by atoms with Crippen molar-refractivity contribution >= 4 is 5.78 Å². The number of nitrogens with one attached hydrogen (secondary N) is 2. The van der Waals surface area contributed by atoms with Gasteiger partial charge in [-0.15, -0.1) is 0 Å². The fourth-order valence-corrected chi connectivity index (χ4v) is 3.84. The summed E-state index contributed by atoms with van der Waals surface area (Å²) in [5.41, 5.74) is 6.79. The molecule has 1 aliphatic rings. The van der Waals surface area contributed by atoms with Gasteiger partial charge >= 0.3 is 0 Å². The average Bonchev–Trinajstić information content (AvgIpc) is 2.87. The third kappa shape index (κ3) is 3.70. The van der Waals surface area contributed by atoms with Gasteiger partial charge in [0, 0.05) is 22.6 Å². The lowest BCUT2D eigenvalue weighted by atomic mass is 10.1. The van der Waals surface area contributed by atoms with E-state index in [0.29, 0.717) is 6.54 Å². The second kappa shape index (κ2) is 7.14. The van der Waals surface area contributed by atoms with Crippen LogP contribution >= 0.6 is 0 Å². The number of hydrogen-bond acceptors (Lipinski definition) is 1. The Labute approximate surface area is 151 Å². The van der Waals surface area contributed by atoms with Crippen molar-refractivity contribution in [3.8, 4) is 5.69 Å². The molecule has 2 N–H and O–H groups in total. The molecule has 1 aliphatic heterocycles. The molecule has 0 aliphatic carbocycles. The van der Waals surface area contributed by atoms with Gasteiger partial charge < -0.3 is 14.4 Å². The normalized spacial score (nSPS) is 20.7. The molecule has 134 valence electrons. The predicted molar refractivity (Wildman–Crippen MR) is 101 cm³/mol. The van der Waals surface area contributed by atoms with Crippen molar-refractivity contribution in [3.63, 3.8) is 0 Å². The monoisotopic (exact) mass is 341 g/mol. The van der Waals surface area contributed by atoms with Crippen LogP contribution < -0.4 is 9.80 Å². The lowest BCUT2D eigenvalue weighted by Gasteiger charge is -2.26. The Morgan fingerprint density at radius 2 is 1.68 bits per heavy atom. The third-order valence-corrected chi connectivity index (χ3v) is 5.70. The molecule has 2 heterocycles. The van der Waals surface area contributed by atoms with E-state index in [2.05, 4.69) is 63.6 Å². The van der Waals surface area contributed by atoms with E-state index in [1.54, 1.807) is 4.90 Å². The van der Waals surface area contributed by atoms with E-state index in [4.69, 9.17) is 0 Å². The highest BCUT2D eigenvalue weighted by atomic mass is 16.1. The standard InChI is InChI=1S/C21H29N3O/c1-15-6-7-19(12-16(15)2)24-17(3)13-20(18(24)4)21(25)14-23-10-8-22(5)9-11-23/h6-7,12-13H,8-11,14H2,1-5H3/p+2. The van der Waals surface area contributed by atoms with Crippen molar-refractivity contribution in [2.45, 2.75) is 27.7 Å². The fourth-order valence-electron chi connectivity index (χ4n) is 3.84. The van der Waals surface area contributed by atoms with Gasteiger partial charge in [0.25, 0.3) is 0 Å². The maximum atomic E-state index is 12.9. The summed E-state index contributed by atoms with van der Waals surface area (Å²) in [7, 11) is 2.23. The Bertz CT molecular complexity index is 783. The van der Waals surface area contributed by atoms with Crippen molar-refractivity contribution in [3.05, 3.63) is 52.3 Å². The molecule has 0 unspecified atom stereocenters. The summed E-state index contributed by atoms with van der Waals surface area (Å²) in [5.74, 6) is 0.276. The summed E-state index contributed by atoms with van der Waals surface area (Å²) in [4.78, 5) is 15.9. The van der Waals surface area contributed by atoms with Crippen molar-refractivity contribution in [2.24, 2.45) is 0 Å². The van der Waals surface area contributed by atoms with Crippen molar-refractivity contribution in [1.29, 1.82) is 0 Å². The molecule has 0 spiro atoms. The molecule has 0 atom stereocenters. The first kappa shape index (κ1) is 17.9. The first-order valence-corrected chi connectivity index (χ1v) is 9.31. The number of quaternary nitrogens is 2. The molecule has 0 amide bonds. The summed E-state index contributed by atoms with van der Waals surface area (Å²) in [6.45, 7) is 13.5. The van der Waals surface area contributed by atoms with Gasteiger partial charge in [0.1, 0.15) is 32.7 Å². The molecule has 3 rings (SSSR count). The highest BCUT2D eigenvalue weighted by Crippen LogP contribution is 2.22. The third-order valence-electron chi connectivity index (χ3n) is 5.70. The number of carbonyl (C=O) groups is 1. The molecule has 1 fully saturated rings. The highest BCUT2D eigenvalue weighted by Gasteiger charge is 2.25. The van der Waals surface area contributed by atoms with E-state index >= 15 is 0 Å². The van der Waals surface area contributed by atoms with E-state index in [9.17, 15) is 4.79 Å². The maximum Gasteiger partial charge on any atom is 0.218 e. The lowest BCUT2D eigenvalue weighted by molar-refractivity contribution is -0.999. The van der Waals surface area contributed by atoms with Crippen LogP contribution in [-0.4, -0.2) is 50.1 Å². The number of likely N-dealkylation sites (N-methyl/N-ethyl adjacent to an activating group) is 1. The summed E-state index contributed by atoms with van der Waals surface area (Å²) in [6.07, 6.45) is 0. The average molecular weight is 341 g/mol. The summed E-state index contributed by atoms with van der Waals surface area (Å²) in [5, 5.41) is 0. The first-order chi connectivity index (χ1) is 11.9. The van der Waals surface area contributed by atoms with Crippen LogP contribution in [0.1, 0.15) is 32.9 Å². The second-order valence-corrected chi connectivity index (χ2v) is 7.70. The van der Waals surface area contributed by atoms with Gasteiger partial charge in [-0.05, 0) is 57.0 Å². The number of rotatable bonds is 4. The largest absolute Gasteiger partial charge is 0.328 e. The van der Waals surface area contributed by atoms with Crippen LogP contribution in [0.2, 0.25) is 0 Å². The SMILES string of the molecule is Cc1ccc(-n2c(C)cc(C(=O)C[NH+]3CC[NH+](C)CC3)c2C)cc1C. The van der Waals surface area contributed by atoms with Crippen LogP contribution in [0.4, 0.5) is 0 Å². The van der Waals surface area contributed by atoms with Crippen molar-refractivity contribution < 1.29 is 14.6 Å². The molecule has 4 heteroatoms. The molecule has 25 heavy (non-hydrogen) atoms. The van der Waals surface area contributed by atoms with Crippen LogP contribution in [-0.2, 0) is 0 Å². The highest BCUT2D eigenvalue weighted by molar-refractivity contribution is 5.98. The van der Waals surface area contributed by atoms with E-state index in [-0.39, 0.29) is 5.78 Å². The zero-order chi connectivity index (χ0) is 18.1. The number of aromatic nitrogens is 1. The Balaban J connectivity index is 1.83. The smallest absolute Gasteiger partial charge is 0.218 e. The number of Topliss-reactive ketones (excluding diaryl/α,β-unsaturated/α-hetero) is 1. The molecular formula is C21H31N3O+2. The molecule has 1 saturated heterocycles. The fraction of sp³-hybridized carbons (Fsp3) is 0.476. The number of hydrogen-bond donors (Lipinski definition) is 2. The topological polar surface area (TPSA) is 30.9 Å². The molecule has 1 aromatic carbocycles. The Morgan fingerprint density at radius 1 is 1.00 bits per heavy atom. The Hall–Kier alpha value is -1.91. The summed E-state index contributed by atoms with van der Waals surface area (Å²) >= 11 is 0. The number of nitrogens with zero attached hydrogens (tertiary/aromatic N) is 1. The van der Waals surface area contributed by atoms with Crippen LogP contribution in [0.5, 0.6) is 0 Å². The maximum absolute atomic E-state index is 12.9. The Kier molecular flexibility index (Phi) is 5.11. The van der Waals surface area contributed by atoms with Crippen molar-refractivity contribution in [2.75, 3.05) is 39.8 Å². The van der Waals surface area contributed by atoms with E-state index in [0.717, 1.165) is 48.8 Å². The number of piperazine rings is 1. The van der Waals surface area contributed by atoms with Gasteiger partial charge in [-0.2, -0.15) is 0 Å². The lowest BCUT2D eigenvalue weighted by Crippen LogP contribution is -3.27. The van der Waals surface area contributed by atoms with E-state index < -0.39 is 0 Å². The van der Waals surface area contributed by atoms with Crippen LogP contribution in [0.25, 0.3) is 5.69 Å². The molecule has 1 aromatic heterocycles. The summed E-state index contributed by atoms with van der Waals surface area (Å²) < 4.78 is 2.21. The minimum atomic E-state index is 0.276. The second-order valence-electron chi connectivity index (χ2n) is 7.70. The van der Waals surface area contributed by atoms with E-state index in [1.165, 1.54) is 16.0 Å². The van der Waals surface area contributed by atoms with Crippen molar-refractivity contribution in [1.82, 2.24) is 4.57 Å². The zero-order valence-corrected chi connectivity index (χ0v) is 16.2. The van der Waals surface area contributed by atoms with Gasteiger partial charge in [0.05, 0.1) is 7.05 Å². The number of ketones is 1. The van der Waals surface area contributed by atoms with Gasteiger partial charge in [-0.25, -0.2) is 0 Å². The minimum Gasteiger partial charge on any atom is -0.328 e. The van der Waals surface area contributed by atoms with Crippen LogP contribution in [0.15, 0.2) is 24.3 Å². The van der Waals surface area contributed by atoms with Crippen LogP contribution in [0.3, 0.4) is 0 Å². The predicted octanol–water partition coefficient (Wildman–Crippen LogP) is 0.307. The van der Waals surface area contributed by atoms with Gasteiger partial charge in [0.15, 0.2) is 0 Å². The molecular weight excluding hydrogens is 310 g/mol. The number of aryl methyl sites for hydroxylation is 3. The Morgan fingerprint density at radius 3 is 2.32 bits per heavy atom. The number of benzene rings is 1. The molecule has 0 bridgehead atoms. The van der Waals surface area contributed by atoms with Gasteiger partial charge in [0.2, 0.25) is 5.78 Å². The quantitative estimate of drug-likeness (QED) is 0.771. The molecule has 4 nitrogen and oxygen atoms in total. The minimum absolute atomic E-state index is 0.276. The van der Waals surface area contributed by atoms with Gasteiger partial charge in [-0.3, -0.25) is 4.79 Å². The van der Waals surface area contributed by atoms with Gasteiger partial charge in [-0.1, -0.05) is 6.07 Å². The van der Waals surface area contributed by atoms with E-state index in [1.807, 2.05) is 0 Å². The zero-order valence-electron chi connectivity index (χ0n) is 16.2. The first-order valence-electron chi connectivity index (χ1n) is 9.31. The van der Waals surface area contributed by atoms with Crippen LogP contribution in [0, 0.1) is 27.7 Å². The molecule has 2 aromatic rings. The molecule has 0 saturated carbocycles. The number of carbonyl (C=O) groups excluding carboxylic acids is 1. The summed E-state index contributed by atoms with van der Waals surface area (Å²) in [6, 6.07) is 8.57. The molecule has 0 radical (unpaired) electrons.